The molecule has 1 atom stereocenters. The molecule has 2 N–H and O–H groups in total. The molecule has 3 rings (SSSR count). The van der Waals surface area contributed by atoms with Gasteiger partial charge in [-0.15, -0.1) is 0 Å². The molecule has 3 aromatic rings. The van der Waals surface area contributed by atoms with Crippen LogP contribution >= 0.6 is 0 Å². The summed E-state index contributed by atoms with van der Waals surface area (Å²) in [5.74, 6) is 0.860. The van der Waals surface area contributed by atoms with Gasteiger partial charge in [-0.1, -0.05) is 30.3 Å². The van der Waals surface area contributed by atoms with Gasteiger partial charge < -0.3 is 10.5 Å². The summed E-state index contributed by atoms with van der Waals surface area (Å²) in [6, 6.07) is 15.8. The van der Waals surface area contributed by atoms with Crippen LogP contribution in [0, 0.1) is 0 Å². The van der Waals surface area contributed by atoms with Gasteiger partial charge in [0.05, 0.1) is 23.9 Å². The Morgan fingerprint density at radius 3 is 2.57 bits per heavy atom. The first-order valence-corrected chi connectivity index (χ1v) is 7.10. The van der Waals surface area contributed by atoms with Crippen molar-refractivity contribution in [2.45, 2.75) is 13.0 Å². The van der Waals surface area contributed by atoms with E-state index >= 15 is 0 Å². The second kappa shape index (κ2) is 5.58. The van der Waals surface area contributed by atoms with Crippen LogP contribution in [0.4, 0.5) is 0 Å². The summed E-state index contributed by atoms with van der Waals surface area (Å²) in [4.78, 5) is 0. The molecule has 4 nitrogen and oxygen atoms in total. The summed E-state index contributed by atoms with van der Waals surface area (Å²) in [5.41, 5.74) is 9.42. The summed E-state index contributed by atoms with van der Waals surface area (Å²) in [6.07, 6.45) is 0. The zero-order valence-electron chi connectivity index (χ0n) is 12.3. The van der Waals surface area contributed by atoms with Crippen molar-refractivity contribution in [3.8, 4) is 5.75 Å². The van der Waals surface area contributed by atoms with Crippen molar-refractivity contribution < 1.29 is 4.74 Å². The van der Waals surface area contributed by atoms with Gasteiger partial charge in [-0.2, -0.15) is 5.10 Å². The summed E-state index contributed by atoms with van der Waals surface area (Å²) in [7, 11) is 1.94. The van der Waals surface area contributed by atoms with Crippen molar-refractivity contribution in [2.75, 3.05) is 6.61 Å². The average molecular weight is 281 g/mol. The van der Waals surface area contributed by atoms with Crippen LogP contribution in [0.5, 0.6) is 5.75 Å². The summed E-state index contributed by atoms with van der Waals surface area (Å²) in [5, 5.41) is 5.68. The van der Waals surface area contributed by atoms with Gasteiger partial charge >= 0.3 is 0 Å². The minimum Gasteiger partial charge on any atom is -0.494 e. The maximum atomic E-state index is 6.40. The monoisotopic (exact) mass is 281 g/mol. The first-order chi connectivity index (χ1) is 10.2. The van der Waals surface area contributed by atoms with Crippen molar-refractivity contribution in [3.05, 3.63) is 59.8 Å². The Balaban J connectivity index is 1.98. The van der Waals surface area contributed by atoms with Crippen molar-refractivity contribution in [2.24, 2.45) is 12.8 Å². The van der Waals surface area contributed by atoms with Crippen LogP contribution in [0.15, 0.2) is 48.5 Å². The fourth-order valence-electron chi connectivity index (χ4n) is 2.57. The van der Waals surface area contributed by atoms with E-state index in [0.29, 0.717) is 6.61 Å². The molecular weight excluding hydrogens is 262 g/mol. The second-order valence-electron chi connectivity index (χ2n) is 5.01. The van der Waals surface area contributed by atoms with Crippen LogP contribution in [0.3, 0.4) is 0 Å². The van der Waals surface area contributed by atoms with Gasteiger partial charge in [-0.3, -0.25) is 4.68 Å². The van der Waals surface area contributed by atoms with Crippen LogP contribution in [0.2, 0.25) is 0 Å². The molecule has 0 radical (unpaired) electrons. The molecule has 0 aliphatic carbocycles. The van der Waals surface area contributed by atoms with E-state index in [1.54, 1.807) is 0 Å². The number of fused-ring (bicyclic) bond motifs is 1. The van der Waals surface area contributed by atoms with Gasteiger partial charge in [0.25, 0.3) is 0 Å². The van der Waals surface area contributed by atoms with Crippen LogP contribution in [0.25, 0.3) is 10.9 Å². The van der Waals surface area contributed by atoms with E-state index in [2.05, 4.69) is 17.2 Å². The lowest BCUT2D eigenvalue weighted by molar-refractivity contribution is 0.340. The third-order valence-electron chi connectivity index (χ3n) is 3.63. The molecule has 1 unspecified atom stereocenters. The molecular formula is C17H19N3O. The lowest BCUT2D eigenvalue weighted by atomic mass is 10.0. The number of rotatable bonds is 4. The fourth-order valence-corrected chi connectivity index (χ4v) is 2.57. The van der Waals surface area contributed by atoms with Gasteiger partial charge in [-0.25, -0.2) is 0 Å². The van der Waals surface area contributed by atoms with E-state index in [9.17, 15) is 0 Å². The van der Waals surface area contributed by atoms with Crippen LogP contribution in [-0.2, 0) is 7.05 Å². The Labute approximate surface area is 124 Å². The first kappa shape index (κ1) is 13.6. The average Bonchev–Trinajstić information content (AvgIpc) is 2.85. The number of nitrogens with zero attached hydrogens (tertiary/aromatic N) is 2. The molecule has 0 aliphatic heterocycles. The topological polar surface area (TPSA) is 53.1 Å². The Bertz CT molecular complexity index is 746. The van der Waals surface area contributed by atoms with E-state index < -0.39 is 0 Å². The third kappa shape index (κ3) is 2.50. The third-order valence-corrected chi connectivity index (χ3v) is 3.63. The van der Waals surface area contributed by atoms with E-state index in [1.807, 2.05) is 55.1 Å². The molecule has 0 saturated heterocycles. The summed E-state index contributed by atoms with van der Waals surface area (Å²) >= 11 is 0. The number of nitrogens with two attached hydrogens (primary N) is 1. The Hall–Kier alpha value is -2.33. The molecule has 108 valence electrons. The van der Waals surface area contributed by atoms with Crippen molar-refractivity contribution >= 4 is 10.9 Å². The molecule has 0 spiro atoms. The van der Waals surface area contributed by atoms with E-state index in [0.717, 1.165) is 27.9 Å². The van der Waals surface area contributed by atoms with Gasteiger partial charge in [0.1, 0.15) is 5.75 Å². The number of benzene rings is 2. The molecule has 1 heterocycles. The summed E-state index contributed by atoms with van der Waals surface area (Å²) < 4.78 is 7.33. The van der Waals surface area contributed by atoms with Gasteiger partial charge in [-0.05, 0) is 30.7 Å². The van der Waals surface area contributed by atoms with Crippen molar-refractivity contribution in [1.29, 1.82) is 0 Å². The van der Waals surface area contributed by atoms with Gasteiger partial charge in [0.15, 0.2) is 0 Å². The molecule has 0 amide bonds. The highest BCUT2D eigenvalue weighted by atomic mass is 16.5. The largest absolute Gasteiger partial charge is 0.494 e. The lowest BCUT2D eigenvalue weighted by Gasteiger charge is -2.11. The number of aryl methyl sites for hydroxylation is 1. The molecule has 1 aromatic heterocycles. The molecule has 0 saturated carbocycles. The highest BCUT2D eigenvalue weighted by Crippen LogP contribution is 2.27. The van der Waals surface area contributed by atoms with E-state index in [1.165, 1.54) is 0 Å². The number of para-hydroxylation sites is 1. The minimum atomic E-state index is -0.244. The maximum Gasteiger partial charge on any atom is 0.119 e. The molecule has 4 heteroatoms. The molecule has 0 fully saturated rings. The fraction of sp³-hybridized carbons (Fsp3) is 0.235. The zero-order chi connectivity index (χ0) is 14.8. The number of hydrogen-bond donors (Lipinski definition) is 1. The van der Waals surface area contributed by atoms with Gasteiger partial charge in [0, 0.05) is 12.4 Å². The van der Waals surface area contributed by atoms with Crippen molar-refractivity contribution in [1.82, 2.24) is 9.78 Å². The maximum absolute atomic E-state index is 6.40. The highest BCUT2D eigenvalue weighted by Gasteiger charge is 2.16. The van der Waals surface area contributed by atoms with Crippen LogP contribution in [-0.4, -0.2) is 16.4 Å². The minimum absolute atomic E-state index is 0.244. The lowest BCUT2D eigenvalue weighted by Crippen LogP contribution is -2.13. The molecule has 0 aliphatic rings. The molecule has 2 aromatic carbocycles. The molecule has 0 bridgehead atoms. The predicted octanol–water partition coefficient (Wildman–Crippen LogP) is 3.02. The van der Waals surface area contributed by atoms with Crippen LogP contribution < -0.4 is 10.5 Å². The van der Waals surface area contributed by atoms with Crippen LogP contribution in [0.1, 0.15) is 24.2 Å². The summed E-state index contributed by atoms with van der Waals surface area (Å²) in [6.45, 7) is 2.63. The number of ether oxygens (including phenoxy) is 1. The SMILES string of the molecule is CCOc1ccc(C(N)c2nn(C)c3ccccc23)cc1. The standard InChI is InChI=1S/C17H19N3O/c1-3-21-13-10-8-12(9-11-13)16(18)17-14-6-4-5-7-15(14)20(2)19-17/h4-11,16H,3,18H2,1-2H3. The smallest absolute Gasteiger partial charge is 0.119 e. The molecule has 21 heavy (non-hydrogen) atoms. The number of hydrogen-bond acceptors (Lipinski definition) is 3. The first-order valence-electron chi connectivity index (χ1n) is 7.10. The number of aromatic nitrogens is 2. The Morgan fingerprint density at radius 2 is 1.86 bits per heavy atom. The second-order valence-corrected chi connectivity index (χ2v) is 5.01. The van der Waals surface area contributed by atoms with E-state index in [-0.39, 0.29) is 6.04 Å². The quantitative estimate of drug-likeness (QED) is 0.799. The highest BCUT2D eigenvalue weighted by molar-refractivity contribution is 5.82. The van der Waals surface area contributed by atoms with Crippen molar-refractivity contribution in [3.63, 3.8) is 0 Å². The Kier molecular flexibility index (Phi) is 3.62. The predicted molar refractivity (Wildman–Crippen MR) is 84.4 cm³/mol. The normalized spacial score (nSPS) is 12.5. The zero-order valence-corrected chi connectivity index (χ0v) is 12.3. The Morgan fingerprint density at radius 1 is 1.14 bits per heavy atom. The van der Waals surface area contributed by atoms with Gasteiger partial charge in [0.2, 0.25) is 0 Å². The van der Waals surface area contributed by atoms with E-state index in [4.69, 9.17) is 10.5 Å².